The van der Waals surface area contributed by atoms with Crippen molar-refractivity contribution in [1.29, 1.82) is 0 Å². The molecule has 0 spiro atoms. The van der Waals surface area contributed by atoms with Crippen LogP contribution >= 0.6 is 0 Å². The van der Waals surface area contributed by atoms with Gasteiger partial charge in [-0.25, -0.2) is 10.1 Å². The van der Waals surface area contributed by atoms with E-state index in [-0.39, 0.29) is 11.7 Å². The Balaban J connectivity index is 1.52. The number of fused-ring (bicyclic) bond motifs is 1. The molecule has 2 aromatic carbocycles. The van der Waals surface area contributed by atoms with Gasteiger partial charge in [-0.2, -0.15) is 5.21 Å². The fraction of sp³-hybridized carbons (Fsp3) is 0.308. The number of ether oxygens (including phenoxy) is 1. The average Bonchev–Trinajstić information content (AvgIpc) is 3.54. The second kappa shape index (κ2) is 10.1. The summed E-state index contributed by atoms with van der Waals surface area (Å²) in [6.07, 6.45) is 2.68. The Labute approximate surface area is 207 Å². The van der Waals surface area contributed by atoms with Gasteiger partial charge in [-0.3, -0.25) is 4.79 Å². The maximum atomic E-state index is 12.9. The highest BCUT2D eigenvalue weighted by atomic mass is 16.5. The SMILES string of the molecule is CCCCc1nc2c(OC(C)C)n[nH]c(=O)c2n1Cc1ccc(-c2ccccc2-c2nn[nH]n2)cc1. The number of benzene rings is 2. The third-order valence-electron chi connectivity index (χ3n) is 5.94. The molecule has 0 fully saturated rings. The number of rotatable bonds is 9. The number of aryl methyl sites for hydroxylation is 1. The summed E-state index contributed by atoms with van der Waals surface area (Å²) in [5, 5.41) is 21.2. The lowest BCUT2D eigenvalue weighted by molar-refractivity contribution is 0.233. The van der Waals surface area contributed by atoms with Gasteiger partial charge in [-0.15, -0.1) is 15.3 Å². The lowest BCUT2D eigenvalue weighted by Gasteiger charge is -2.11. The summed E-state index contributed by atoms with van der Waals surface area (Å²) < 4.78 is 7.83. The predicted molar refractivity (Wildman–Crippen MR) is 137 cm³/mol. The number of aromatic nitrogens is 8. The van der Waals surface area contributed by atoms with Gasteiger partial charge in [0.15, 0.2) is 5.52 Å². The van der Waals surface area contributed by atoms with Gasteiger partial charge in [0.2, 0.25) is 5.82 Å². The van der Waals surface area contributed by atoms with E-state index in [4.69, 9.17) is 9.72 Å². The number of hydrogen-bond donors (Lipinski definition) is 2. The Morgan fingerprint density at radius 2 is 1.81 bits per heavy atom. The maximum absolute atomic E-state index is 12.9. The van der Waals surface area contributed by atoms with Crippen molar-refractivity contribution >= 4 is 11.0 Å². The van der Waals surface area contributed by atoms with Crippen LogP contribution in [0.3, 0.4) is 0 Å². The Kier molecular flexibility index (Phi) is 6.57. The summed E-state index contributed by atoms with van der Waals surface area (Å²) in [4.78, 5) is 17.6. The highest BCUT2D eigenvalue weighted by Gasteiger charge is 2.20. The molecule has 0 saturated carbocycles. The maximum Gasteiger partial charge on any atom is 0.290 e. The van der Waals surface area contributed by atoms with Crippen molar-refractivity contribution in [2.75, 3.05) is 0 Å². The molecular weight excluding hydrogens is 456 g/mol. The molecule has 0 saturated heterocycles. The molecule has 0 radical (unpaired) electrons. The van der Waals surface area contributed by atoms with Crippen molar-refractivity contribution in [3.63, 3.8) is 0 Å². The van der Waals surface area contributed by atoms with E-state index in [1.165, 1.54) is 0 Å². The quantitative estimate of drug-likeness (QED) is 0.322. The fourth-order valence-electron chi connectivity index (χ4n) is 4.27. The minimum absolute atomic E-state index is 0.0845. The summed E-state index contributed by atoms with van der Waals surface area (Å²) in [5.74, 6) is 1.75. The molecule has 10 nitrogen and oxygen atoms in total. The molecule has 0 unspecified atom stereocenters. The van der Waals surface area contributed by atoms with E-state index in [9.17, 15) is 4.79 Å². The molecule has 10 heteroatoms. The van der Waals surface area contributed by atoms with Gasteiger partial charge in [0.05, 0.1) is 6.10 Å². The first-order valence-corrected chi connectivity index (χ1v) is 12.1. The zero-order valence-corrected chi connectivity index (χ0v) is 20.5. The van der Waals surface area contributed by atoms with Gasteiger partial charge in [0.1, 0.15) is 11.3 Å². The molecule has 0 amide bonds. The standard InChI is InChI=1S/C26H28N8O2/c1-4-5-10-21-27-22-23(25(35)30-31-26(22)36-16(2)3)34(21)15-17-11-13-18(14-12-17)19-8-6-7-9-20(19)24-28-32-33-29-24/h6-9,11-14,16H,4-5,10,15H2,1-3H3,(H,30,35)(H,28,29,32,33). The molecular formula is C26H28N8O2. The number of hydrogen-bond acceptors (Lipinski definition) is 7. The van der Waals surface area contributed by atoms with Crippen molar-refractivity contribution < 1.29 is 4.74 Å². The molecule has 36 heavy (non-hydrogen) atoms. The van der Waals surface area contributed by atoms with Crippen LogP contribution < -0.4 is 10.3 Å². The van der Waals surface area contributed by atoms with Crippen LogP contribution in [0.2, 0.25) is 0 Å². The summed E-state index contributed by atoms with van der Waals surface area (Å²) >= 11 is 0. The lowest BCUT2D eigenvalue weighted by Crippen LogP contribution is -2.17. The minimum Gasteiger partial charge on any atom is -0.472 e. The number of nitrogens with one attached hydrogen (secondary N) is 2. The zero-order valence-electron chi connectivity index (χ0n) is 20.5. The van der Waals surface area contributed by atoms with E-state index in [2.05, 4.69) is 62.0 Å². The summed E-state index contributed by atoms with van der Waals surface area (Å²) in [6, 6.07) is 16.2. The largest absolute Gasteiger partial charge is 0.472 e. The van der Waals surface area contributed by atoms with E-state index < -0.39 is 0 Å². The van der Waals surface area contributed by atoms with Crippen LogP contribution in [0.25, 0.3) is 33.5 Å². The van der Waals surface area contributed by atoms with E-state index in [1.807, 2.05) is 42.7 Å². The van der Waals surface area contributed by atoms with Crippen LogP contribution in [0.4, 0.5) is 0 Å². The Hall–Kier alpha value is -4.34. The summed E-state index contributed by atoms with van der Waals surface area (Å²) in [7, 11) is 0. The number of aromatic amines is 2. The Morgan fingerprint density at radius 1 is 1.03 bits per heavy atom. The Morgan fingerprint density at radius 3 is 2.50 bits per heavy atom. The van der Waals surface area contributed by atoms with Crippen LogP contribution in [0.15, 0.2) is 53.3 Å². The molecule has 3 aromatic heterocycles. The summed E-state index contributed by atoms with van der Waals surface area (Å²) in [5.41, 5.74) is 4.72. The van der Waals surface area contributed by atoms with E-state index in [0.717, 1.165) is 47.3 Å². The normalized spacial score (nSPS) is 11.4. The smallest absolute Gasteiger partial charge is 0.290 e. The highest BCUT2D eigenvalue weighted by molar-refractivity contribution is 5.81. The molecule has 5 rings (SSSR count). The van der Waals surface area contributed by atoms with E-state index in [0.29, 0.717) is 29.3 Å². The minimum atomic E-state index is -0.276. The van der Waals surface area contributed by atoms with Crippen molar-refractivity contribution in [3.8, 4) is 28.4 Å². The number of imidazole rings is 1. The molecule has 5 aromatic rings. The highest BCUT2D eigenvalue weighted by Crippen LogP contribution is 2.30. The molecule has 0 atom stereocenters. The van der Waals surface area contributed by atoms with Gasteiger partial charge in [0.25, 0.3) is 11.4 Å². The first kappa shape index (κ1) is 23.4. The first-order chi connectivity index (χ1) is 17.5. The average molecular weight is 485 g/mol. The third-order valence-corrected chi connectivity index (χ3v) is 5.94. The van der Waals surface area contributed by atoms with Gasteiger partial charge in [-0.1, -0.05) is 61.9 Å². The van der Waals surface area contributed by atoms with Gasteiger partial charge < -0.3 is 9.30 Å². The molecule has 0 aliphatic carbocycles. The molecule has 0 aliphatic rings. The molecule has 3 heterocycles. The number of tetrazole rings is 1. The first-order valence-electron chi connectivity index (χ1n) is 12.1. The van der Waals surface area contributed by atoms with Crippen LogP contribution in [0, 0.1) is 0 Å². The molecule has 0 aliphatic heterocycles. The Bertz CT molecular complexity index is 1520. The second-order valence-electron chi connectivity index (χ2n) is 8.92. The van der Waals surface area contributed by atoms with Crippen molar-refractivity contribution in [1.82, 2.24) is 40.4 Å². The molecule has 184 valence electrons. The third kappa shape index (κ3) is 4.61. The second-order valence-corrected chi connectivity index (χ2v) is 8.92. The van der Waals surface area contributed by atoms with Crippen LogP contribution in [-0.4, -0.2) is 46.5 Å². The lowest BCUT2D eigenvalue weighted by atomic mass is 9.98. The zero-order chi connectivity index (χ0) is 25.1. The molecule has 0 bridgehead atoms. The van der Waals surface area contributed by atoms with Gasteiger partial charge in [0, 0.05) is 18.5 Å². The predicted octanol–water partition coefficient (Wildman–Crippen LogP) is 4.14. The van der Waals surface area contributed by atoms with E-state index >= 15 is 0 Å². The molecule has 2 N–H and O–H groups in total. The van der Waals surface area contributed by atoms with Crippen molar-refractivity contribution in [2.45, 2.75) is 52.7 Å². The number of unbranched alkanes of at least 4 members (excludes halogenated alkanes) is 1. The number of H-pyrrole nitrogens is 2. The number of nitrogens with zero attached hydrogens (tertiary/aromatic N) is 6. The van der Waals surface area contributed by atoms with E-state index in [1.54, 1.807) is 0 Å². The van der Waals surface area contributed by atoms with Crippen LogP contribution in [0.1, 0.15) is 45.0 Å². The topological polar surface area (TPSA) is 127 Å². The van der Waals surface area contributed by atoms with Crippen molar-refractivity contribution in [3.05, 3.63) is 70.3 Å². The van der Waals surface area contributed by atoms with Crippen molar-refractivity contribution in [2.24, 2.45) is 0 Å². The van der Waals surface area contributed by atoms with Gasteiger partial charge >= 0.3 is 0 Å². The summed E-state index contributed by atoms with van der Waals surface area (Å²) in [6.45, 7) is 6.49. The van der Waals surface area contributed by atoms with Crippen LogP contribution in [-0.2, 0) is 13.0 Å². The van der Waals surface area contributed by atoms with Crippen LogP contribution in [0.5, 0.6) is 5.88 Å². The fourth-order valence-corrected chi connectivity index (χ4v) is 4.27. The van der Waals surface area contributed by atoms with Gasteiger partial charge in [-0.05, 0) is 42.2 Å². The monoisotopic (exact) mass is 484 g/mol.